The molecule has 1 aromatic rings. The molecule has 2 fully saturated rings. The molecule has 0 atom stereocenters. The molecule has 0 bridgehead atoms. The van der Waals surface area contributed by atoms with Gasteiger partial charge in [-0.3, -0.25) is 9.89 Å². The fourth-order valence-corrected chi connectivity index (χ4v) is 5.03. The lowest BCUT2D eigenvalue weighted by Crippen LogP contribution is -2.43. The van der Waals surface area contributed by atoms with Gasteiger partial charge in [0.15, 0.2) is 5.96 Å². The topological polar surface area (TPSA) is 48.9 Å². The van der Waals surface area contributed by atoms with Gasteiger partial charge in [-0.05, 0) is 74.9 Å². The highest BCUT2D eigenvalue weighted by Gasteiger charge is 2.36. The van der Waals surface area contributed by atoms with Gasteiger partial charge in [0, 0.05) is 44.8 Å². The number of thiophene rings is 1. The normalized spacial score (nSPS) is 20.7. The van der Waals surface area contributed by atoms with Crippen LogP contribution in [0.5, 0.6) is 0 Å². The van der Waals surface area contributed by atoms with E-state index in [1.807, 2.05) is 11.3 Å². The molecule has 1 aromatic heterocycles. The Hall–Kier alpha value is -1.11. The van der Waals surface area contributed by atoms with Gasteiger partial charge < -0.3 is 15.4 Å². The fraction of sp³-hybridized carbons (Fsp3) is 0.773. The first-order chi connectivity index (χ1) is 13.7. The Labute approximate surface area is 174 Å². The first-order valence-electron chi connectivity index (χ1n) is 11.0. The number of rotatable bonds is 10. The molecule has 1 aliphatic heterocycles. The number of aliphatic imine (C=N–C) groups is 1. The zero-order valence-electron chi connectivity index (χ0n) is 17.7. The van der Waals surface area contributed by atoms with Crippen LogP contribution in [0, 0.1) is 11.3 Å². The zero-order valence-corrected chi connectivity index (χ0v) is 18.5. The summed E-state index contributed by atoms with van der Waals surface area (Å²) < 4.78 is 5.31. The van der Waals surface area contributed by atoms with E-state index in [2.05, 4.69) is 40.0 Å². The third-order valence-electron chi connectivity index (χ3n) is 6.39. The lowest BCUT2D eigenvalue weighted by molar-refractivity contribution is 0.0778. The maximum atomic E-state index is 5.31. The third kappa shape index (κ3) is 6.46. The molecule has 0 unspecified atom stereocenters. The van der Waals surface area contributed by atoms with E-state index in [0.29, 0.717) is 5.41 Å². The van der Waals surface area contributed by atoms with Gasteiger partial charge in [0.05, 0.1) is 0 Å². The molecule has 3 rings (SSSR count). The van der Waals surface area contributed by atoms with E-state index >= 15 is 0 Å². The minimum Gasteiger partial charge on any atom is -0.385 e. The average Bonchev–Trinajstić information content (AvgIpc) is 3.19. The molecule has 158 valence electrons. The molecule has 1 aliphatic carbocycles. The minimum absolute atomic E-state index is 0.380. The third-order valence-corrected chi connectivity index (χ3v) is 7.25. The summed E-state index contributed by atoms with van der Waals surface area (Å²) in [6.07, 6.45) is 7.61. The monoisotopic (exact) mass is 406 g/mol. The molecule has 0 aromatic carbocycles. The number of nitrogens with zero attached hydrogens (tertiary/aromatic N) is 2. The molecule has 2 N–H and O–H groups in total. The lowest BCUT2D eigenvalue weighted by Gasteiger charge is -2.41. The Morgan fingerprint density at radius 1 is 1.32 bits per heavy atom. The minimum atomic E-state index is 0.380. The number of hydrogen-bond acceptors (Lipinski definition) is 4. The zero-order chi connectivity index (χ0) is 19.7. The molecule has 0 spiro atoms. The molecule has 0 amide bonds. The molecular formula is C22H38N4OS. The van der Waals surface area contributed by atoms with Crippen LogP contribution in [0.1, 0.15) is 50.3 Å². The first kappa shape index (κ1) is 21.6. The highest BCUT2D eigenvalue weighted by atomic mass is 32.1. The number of likely N-dealkylation sites (tertiary alicyclic amines) is 1. The number of piperidine rings is 1. The van der Waals surface area contributed by atoms with Crippen LogP contribution in [-0.2, 0) is 11.3 Å². The van der Waals surface area contributed by atoms with Crippen LogP contribution >= 0.6 is 11.3 Å². The van der Waals surface area contributed by atoms with Crippen LogP contribution in [-0.4, -0.2) is 57.3 Å². The molecule has 2 heterocycles. The van der Waals surface area contributed by atoms with Gasteiger partial charge in [0.2, 0.25) is 0 Å². The molecule has 1 saturated carbocycles. The molecular weight excluding hydrogens is 368 g/mol. The summed E-state index contributed by atoms with van der Waals surface area (Å²) in [7, 11) is 1.80. The quantitative estimate of drug-likeness (QED) is 0.459. The molecule has 1 saturated heterocycles. The van der Waals surface area contributed by atoms with E-state index in [0.717, 1.165) is 51.1 Å². The number of nitrogens with one attached hydrogen (secondary N) is 2. The van der Waals surface area contributed by atoms with Gasteiger partial charge in [-0.1, -0.05) is 12.5 Å². The van der Waals surface area contributed by atoms with Crippen LogP contribution in [0.2, 0.25) is 0 Å². The van der Waals surface area contributed by atoms with E-state index in [1.165, 1.54) is 50.1 Å². The van der Waals surface area contributed by atoms with Gasteiger partial charge in [-0.2, -0.15) is 0 Å². The predicted octanol–water partition coefficient (Wildman–Crippen LogP) is 3.72. The summed E-state index contributed by atoms with van der Waals surface area (Å²) in [4.78, 5) is 9.02. The summed E-state index contributed by atoms with van der Waals surface area (Å²) in [6, 6.07) is 4.40. The van der Waals surface area contributed by atoms with Gasteiger partial charge in [-0.15, -0.1) is 11.3 Å². The molecule has 0 radical (unpaired) electrons. The first-order valence-corrected chi connectivity index (χ1v) is 11.9. The fourth-order valence-electron chi connectivity index (χ4n) is 4.28. The number of hydrogen-bond donors (Lipinski definition) is 2. The molecule has 28 heavy (non-hydrogen) atoms. The summed E-state index contributed by atoms with van der Waals surface area (Å²) in [5.74, 6) is 1.74. The van der Waals surface area contributed by atoms with E-state index in [1.54, 1.807) is 7.11 Å². The van der Waals surface area contributed by atoms with Crippen molar-refractivity contribution >= 4 is 17.3 Å². The summed E-state index contributed by atoms with van der Waals surface area (Å²) in [5, 5.41) is 9.23. The van der Waals surface area contributed by atoms with Crippen LogP contribution in [0.25, 0.3) is 0 Å². The lowest BCUT2D eigenvalue weighted by atomic mass is 9.67. The number of methoxy groups -OCH3 is 1. The Kier molecular flexibility index (Phi) is 8.62. The van der Waals surface area contributed by atoms with Crippen molar-refractivity contribution in [1.29, 1.82) is 0 Å². The van der Waals surface area contributed by atoms with Crippen LogP contribution in [0.3, 0.4) is 0 Å². The van der Waals surface area contributed by atoms with Gasteiger partial charge >= 0.3 is 0 Å². The van der Waals surface area contributed by atoms with Gasteiger partial charge in [0.1, 0.15) is 0 Å². The second-order valence-corrected chi connectivity index (χ2v) is 9.50. The second-order valence-electron chi connectivity index (χ2n) is 8.47. The summed E-state index contributed by atoms with van der Waals surface area (Å²) in [6.45, 7) is 9.39. The Bertz CT molecular complexity index is 577. The highest BCUT2D eigenvalue weighted by molar-refractivity contribution is 7.09. The van der Waals surface area contributed by atoms with Gasteiger partial charge in [0.25, 0.3) is 0 Å². The summed E-state index contributed by atoms with van der Waals surface area (Å²) in [5.41, 5.74) is 0.380. The Morgan fingerprint density at radius 2 is 2.14 bits per heavy atom. The van der Waals surface area contributed by atoms with Gasteiger partial charge in [-0.25, -0.2) is 0 Å². The van der Waals surface area contributed by atoms with Crippen LogP contribution < -0.4 is 10.6 Å². The van der Waals surface area contributed by atoms with Crippen LogP contribution in [0.4, 0.5) is 0 Å². The van der Waals surface area contributed by atoms with Crippen molar-refractivity contribution in [3.8, 4) is 0 Å². The number of guanidine groups is 1. The SMILES string of the molecule is CCNC(=NCC1(CCOC)CCC1)NCC1CCN(Cc2cccs2)CC1. The van der Waals surface area contributed by atoms with Crippen molar-refractivity contribution in [3.05, 3.63) is 22.4 Å². The smallest absolute Gasteiger partial charge is 0.191 e. The molecule has 2 aliphatic rings. The molecule has 6 heteroatoms. The van der Waals surface area contributed by atoms with E-state index in [4.69, 9.17) is 9.73 Å². The maximum absolute atomic E-state index is 5.31. The molecule has 5 nitrogen and oxygen atoms in total. The van der Waals surface area contributed by atoms with Crippen LogP contribution in [0.15, 0.2) is 22.5 Å². The Balaban J connectivity index is 1.41. The second kappa shape index (κ2) is 11.2. The van der Waals surface area contributed by atoms with E-state index in [9.17, 15) is 0 Å². The van der Waals surface area contributed by atoms with Crippen molar-refractivity contribution in [2.75, 3.05) is 46.4 Å². The van der Waals surface area contributed by atoms with Crippen molar-refractivity contribution in [1.82, 2.24) is 15.5 Å². The maximum Gasteiger partial charge on any atom is 0.191 e. The Morgan fingerprint density at radius 3 is 2.75 bits per heavy atom. The standard InChI is InChI=1S/C22H38N4OS/c1-3-23-21(25-18-22(9-5-10-22)11-14-27-2)24-16-19-7-12-26(13-8-19)17-20-6-4-15-28-20/h4,6,15,19H,3,5,7-14,16-18H2,1-2H3,(H2,23,24,25). The summed E-state index contributed by atoms with van der Waals surface area (Å²) >= 11 is 1.87. The van der Waals surface area contributed by atoms with E-state index in [-0.39, 0.29) is 0 Å². The average molecular weight is 407 g/mol. The number of ether oxygens (including phenoxy) is 1. The van der Waals surface area contributed by atoms with Crippen molar-refractivity contribution in [3.63, 3.8) is 0 Å². The van der Waals surface area contributed by atoms with Crippen molar-refractivity contribution in [2.45, 2.75) is 52.0 Å². The highest BCUT2D eigenvalue weighted by Crippen LogP contribution is 2.44. The largest absolute Gasteiger partial charge is 0.385 e. The van der Waals surface area contributed by atoms with E-state index < -0.39 is 0 Å². The van der Waals surface area contributed by atoms with Crippen molar-refractivity contribution in [2.24, 2.45) is 16.3 Å². The predicted molar refractivity (Wildman–Crippen MR) is 119 cm³/mol. The van der Waals surface area contributed by atoms with Crippen molar-refractivity contribution < 1.29 is 4.74 Å².